The highest BCUT2D eigenvalue weighted by Gasteiger charge is 2.24. The Hall–Kier alpha value is -6.72. The number of rotatable bonds is 20. The molecule has 0 amide bonds. The van der Waals surface area contributed by atoms with Crippen molar-refractivity contribution in [2.75, 3.05) is 29.9 Å². The Kier molecular flexibility index (Phi) is 13.2. The number of anilines is 1. The predicted octanol–water partition coefficient (Wildman–Crippen LogP) is 9.78. The third-order valence-corrected chi connectivity index (χ3v) is 11.9. The fourth-order valence-electron chi connectivity index (χ4n) is 7.28. The van der Waals surface area contributed by atoms with Crippen molar-refractivity contribution in [1.82, 2.24) is 9.88 Å². The van der Waals surface area contributed by atoms with Crippen LogP contribution >= 0.6 is 0 Å². The average Bonchev–Trinajstić information content (AvgIpc) is 3.60. The number of benzene rings is 7. The molecule has 1 N–H and O–H groups in total. The van der Waals surface area contributed by atoms with Gasteiger partial charge in [0.1, 0.15) is 24.7 Å². The minimum atomic E-state index is -3.88. The molecule has 1 aromatic heterocycles. The Balaban J connectivity index is 0.893. The van der Waals surface area contributed by atoms with Crippen LogP contribution in [0.15, 0.2) is 182 Å². The third kappa shape index (κ3) is 10.5. The molecule has 0 saturated heterocycles. The molecule has 0 fully saturated rings. The van der Waals surface area contributed by atoms with Crippen molar-refractivity contribution in [2.24, 2.45) is 0 Å². The van der Waals surface area contributed by atoms with Crippen LogP contribution in [0.3, 0.4) is 0 Å². The van der Waals surface area contributed by atoms with Crippen molar-refractivity contribution in [1.29, 1.82) is 0 Å². The van der Waals surface area contributed by atoms with Crippen LogP contribution in [0.4, 0.5) is 5.69 Å². The first-order chi connectivity index (χ1) is 29.9. The van der Waals surface area contributed by atoms with E-state index < -0.39 is 16.0 Å². The van der Waals surface area contributed by atoms with Gasteiger partial charge < -0.3 is 24.1 Å². The number of ketones is 1. The van der Waals surface area contributed by atoms with Crippen molar-refractivity contribution in [2.45, 2.75) is 26.3 Å². The van der Waals surface area contributed by atoms with Crippen molar-refractivity contribution < 1.29 is 27.4 Å². The van der Waals surface area contributed by atoms with Crippen molar-refractivity contribution >= 4 is 43.3 Å². The van der Waals surface area contributed by atoms with E-state index in [9.17, 15) is 13.2 Å². The lowest BCUT2D eigenvalue weighted by molar-refractivity contribution is 0.0990. The number of fused-ring (bicyclic) bond motifs is 3. The molecule has 0 atom stereocenters. The quantitative estimate of drug-likeness (QED) is 0.0604. The SMILES string of the molecule is O=C(CNCCOc1ccc2c3cc(OCc4ccccc4)ccc3n(Cc3ccccc3)c2c1)c1ccc(N(Cc2ccccc2)S(=O)(=O)COCc2ccccc2)cc1. The molecular weight excluding hydrogens is 783 g/mol. The number of ether oxygens (including phenoxy) is 3. The number of sulfonamides is 1. The maximum absolute atomic E-state index is 13.6. The number of nitrogens with one attached hydrogen (secondary N) is 1. The zero-order valence-electron chi connectivity index (χ0n) is 33.7. The van der Waals surface area contributed by atoms with E-state index in [2.05, 4.69) is 70.5 Å². The number of aromatic nitrogens is 1. The first-order valence-corrected chi connectivity index (χ1v) is 21.9. The van der Waals surface area contributed by atoms with Gasteiger partial charge in [0.05, 0.1) is 30.9 Å². The van der Waals surface area contributed by atoms with Gasteiger partial charge in [-0.15, -0.1) is 0 Å². The van der Waals surface area contributed by atoms with E-state index in [0.29, 0.717) is 37.6 Å². The fourth-order valence-corrected chi connectivity index (χ4v) is 8.49. The molecule has 0 saturated carbocycles. The van der Waals surface area contributed by atoms with Crippen molar-refractivity contribution in [3.63, 3.8) is 0 Å². The molecule has 0 aliphatic rings. The summed E-state index contributed by atoms with van der Waals surface area (Å²) >= 11 is 0. The lowest BCUT2D eigenvalue weighted by Gasteiger charge is -2.25. The van der Waals surface area contributed by atoms with E-state index >= 15 is 0 Å². The largest absolute Gasteiger partial charge is 0.492 e. The van der Waals surface area contributed by atoms with Crippen LogP contribution in [0, 0.1) is 0 Å². The van der Waals surface area contributed by atoms with Crippen molar-refractivity contribution in [3.8, 4) is 11.5 Å². The van der Waals surface area contributed by atoms with E-state index in [1.54, 1.807) is 24.3 Å². The van der Waals surface area contributed by atoms with Gasteiger partial charge in [-0.1, -0.05) is 121 Å². The van der Waals surface area contributed by atoms with Crippen LogP contribution < -0.4 is 19.1 Å². The first-order valence-electron chi connectivity index (χ1n) is 20.3. The summed E-state index contributed by atoms with van der Waals surface area (Å²) in [4.78, 5) is 13.2. The van der Waals surface area contributed by atoms with Gasteiger partial charge in [0, 0.05) is 41.0 Å². The van der Waals surface area contributed by atoms with Crippen LogP contribution in [0.25, 0.3) is 21.8 Å². The zero-order chi connectivity index (χ0) is 41.9. The summed E-state index contributed by atoms with van der Waals surface area (Å²) in [7, 11) is -3.88. The van der Waals surface area contributed by atoms with Gasteiger partial charge in [0.2, 0.25) is 0 Å². The summed E-state index contributed by atoms with van der Waals surface area (Å²) in [6.07, 6.45) is 0. The van der Waals surface area contributed by atoms with Gasteiger partial charge in [-0.2, -0.15) is 0 Å². The molecule has 0 aliphatic carbocycles. The van der Waals surface area contributed by atoms with Gasteiger partial charge in [-0.25, -0.2) is 8.42 Å². The number of hydrogen-bond acceptors (Lipinski definition) is 7. The molecule has 8 rings (SSSR count). The second kappa shape index (κ2) is 19.6. The Morgan fingerprint density at radius 1 is 0.574 bits per heavy atom. The summed E-state index contributed by atoms with van der Waals surface area (Å²) in [5.74, 6) is 0.937. The molecule has 7 aromatic carbocycles. The maximum Gasteiger partial charge on any atom is 0.259 e. The van der Waals surface area contributed by atoms with Crippen LogP contribution in [0.2, 0.25) is 0 Å². The number of nitrogens with zero attached hydrogens (tertiary/aromatic N) is 2. The number of hydrogen-bond donors (Lipinski definition) is 1. The summed E-state index contributed by atoms with van der Waals surface area (Å²) in [6.45, 7) is 2.39. The molecule has 8 aromatic rings. The second-order valence-electron chi connectivity index (χ2n) is 14.8. The molecule has 308 valence electrons. The van der Waals surface area contributed by atoms with Crippen LogP contribution in [0.1, 0.15) is 32.6 Å². The van der Waals surface area contributed by atoms with Crippen molar-refractivity contribution in [3.05, 3.63) is 210 Å². The van der Waals surface area contributed by atoms with E-state index in [-0.39, 0.29) is 25.5 Å². The molecule has 0 aliphatic heterocycles. The van der Waals surface area contributed by atoms with E-state index in [1.807, 2.05) is 97.1 Å². The Bertz CT molecular complexity index is 2780. The zero-order valence-corrected chi connectivity index (χ0v) is 34.5. The van der Waals surface area contributed by atoms with E-state index in [1.165, 1.54) is 9.87 Å². The van der Waals surface area contributed by atoms with Gasteiger partial charge >= 0.3 is 0 Å². The smallest absolute Gasteiger partial charge is 0.259 e. The summed E-state index contributed by atoms with van der Waals surface area (Å²) < 4.78 is 49.0. The Labute approximate surface area is 356 Å². The minimum absolute atomic E-state index is 0.0983. The van der Waals surface area contributed by atoms with Gasteiger partial charge in [0.15, 0.2) is 11.7 Å². The third-order valence-electron chi connectivity index (χ3n) is 10.4. The molecular formula is C51H47N3O6S. The van der Waals surface area contributed by atoms with Crippen LogP contribution in [-0.4, -0.2) is 44.4 Å². The van der Waals surface area contributed by atoms with Gasteiger partial charge in [-0.05, 0) is 76.9 Å². The topological polar surface area (TPSA) is 99.1 Å². The standard InChI is InChI=1S/C51H47N3O6S/c55-51(43-21-23-44(24-22-43)54(35-40-15-7-2-8-16-40)61(56,57)38-58-36-41-17-9-3-10-18-41)33-52-29-30-59-46-25-27-47-48-31-45(60-37-42-19-11-4-12-20-42)26-28-49(48)53(50(47)32-46)34-39-13-5-1-6-14-39/h1-28,31-32,52H,29-30,33-38H2. The highest BCUT2D eigenvalue weighted by Crippen LogP contribution is 2.35. The average molecular weight is 830 g/mol. The minimum Gasteiger partial charge on any atom is -0.492 e. The lowest BCUT2D eigenvalue weighted by atomic mass is 10.1. The summed E-state index contributed by atoms with van der Waals surface area (Å²) in [6, 6.07) is 58.5. The normalized spacial score (nSPS) is 11.5. The van der Waals surface area contributed by atoms with E-state index in [0.717, 1.165) is 50.0 Å². The number of carbonyl (C=O) groups excluding carboxylic acids is 1. The lowest BCUT2D eigenvalue weighted by Crippen LogP contribution is -2.33. The monoisotopic (exact) mass is 829 g/mol. The Morgan fingerprint density at radius 2 is 1.16 bits per heavy atom. The summed E-state index contributed by atoms with van der Waals surface area (Å²) in [5, 5.41) is 5.41. The molecule has 61 heavy (non-hydrogen) atoms. The predicted molar refractivity (Wildman–Crippen MR) is 243 cm³/mol. The highest BCUT2D eigenvalue weighted by atomic mass is 32.2. The molecule has 0 radical (unpaired) electrons. The molecule has 9 nitrogen and oxygen atoms in total. The summed E-state index contributed by atoms with van der Waals surface area (Å²) in [5.41, 5.74) is 7.10. The molecule has 0 spiro atoms. The van der Waals surface area contributed by atoms with E-state index in [4.69, 9.17) is 14.2 Å². The maximum atomic E-state index is 13.6. The number of Topliss-reactive ketones (excluding diaryl/α,β-unsaturated/α-hetero) is 1. The fraction of sp³-hybridized carbons (Fsp3) is 0.157. The molecule has 0 unspecified atom stereocenters. The highest BCUT2D eigenvalue weighted by molar-refractivity contribution is 7.92. The van der Waals surface area contributed by atoms with Gasteiger partial charge in [0.25, 0.3) is 10.0 Å². The Morgan fingerprint density at radius 3 is 1.84 bits per heavy atom. The van der Waals surface area contributed by atoms with Crippen LogP contribution in [0.5, 0.6) is 11.5 Å². The molecule has 0 bridgehead atoms. The first kappa shape index (κ1) is 41.0. The molecule has 1 heterocycles. The van der Waals surface area contributed by atoms with Gasteiger partial charge in [-0.3, -0.25) is 9.10 Å². The number of carbonyl (C=O) groups is 1. The second-order valence-corrected chi connectivity index (χ2v) is 16.6. The molecule has 10 heteroatoms. The van der Waals surface area contributed by atoms with Crippen LogP contribution in [-0.2, 0) is 41.1 Å².